The van der Waals surface area contributed by atoms with E-state index in [1.54, 1.807) is 30.3 Å². The third-order valence-corrected chi connectivity index (χ3v) is 4.58. The van der Waals surface area contributed by atoms with Crippen LogP contribution in [-0.4, -0.2) is 25.0 Å². The van der Waals surface area contributed by atoms with E-state index in [9.17, 15) is 9.59 Å². The Morgan fingerprint density at radius 1 is 0.929 bits per heavy atom. The topological polar surface area (TPSA) is 67.4 Å². The van der Waals surface area contributed by atoms with Crippen molar-refractivity contribution in [3.05, 3.63) is 94.3 Å². The average Bonchev–Trinajstić information content (AvgIpc) is 3.25. The molecule has 3 rings (SSSR count). The first-order valence-corrected chi connectivity index (χ1v) is 9.68. The zero-order valence-electron chi connectivity index (χ0n) is 15.1. The Balaban J connectivity index is 1.61. The van der Waals surface area contributed by atoms with Gasteiger partial charge in [-0.05, 0) is 41.8 Å². The van der Waals surface area contributed by atoms with Crippen LogP contribution in [-0.2, 0) is 4.79 Å². The number of carbonyl (C=O) groups is 2. The molecule has 2 N–H and O–H groups in total. The molecule has 6 heteroatoms. The fraction of sp³-hybridized carbons (Fsp3) is 0.0909. The van der Waals surface area contributed by atoms with Gasteiger partial charge in [-0.25, -0.2) is 0 Å². The molecule has 1 heterocycles. The van der Waals surface area contributed by atoms with Gasteiger partial charge in [0, 0.05) is 10.4 Å². The van der Waals surface area contributed by atoms with Crippen molar-refractivity contribution in [3.8, 4) is 5.75 Å². The number of hydrogen-bond acceptors (Lipinski definition) is 4. The van der Waals surface area contributed by atoms with Gasteiger partial charge in [0.15, 0.2) is 0 Å². The zero-order chi connectivity index (χ0) is 19.6. The summed E-state index contributed by atoms with van der Waals surface area (Å²) in [6.45, 7) is 0.644. The van der Waals surface area contributed by atoms with E-state index in [0.717, 1.165) is 10.6 Å². The Bertz CT molecular complexity index is 923. The molecule has 0 fully saturated rings. The van der Waals surface area contributed by atoms with Gasteiger partial charge in [0.2, 0.25) is 0 Å². The molecule has 0 aliphatic heterocycles. The van der Waals surface area contributed by atoms with Crippen molar-refractivity contribution < 1.29 is 14.3 Å². The van der Waals surface area contributed by atoms with Crippen LogP contribution in [0.2, 0.25) is 0 Å². The van der Waals surface area contributed by atoms with E-state index in [0.29, 0.717) is 18.7 Å². The van der Waals surface area contributed by atoms with Crippen molar-refractivity contribution in [1.82, 2.24) is 10.6 Å². The van der Waals surface area contributed by atoms with Gasteiger partial charge >= 0.3 is 0 Å². The summed E-state index contributed by atoms with van der Waals surface area (Å²) in [7, 11) is 0. The molecule has 0 unspecified atom stereocenters. The van der Waals surface area contributed by atoms with Crippen molar-refractivity contribution in [2.45, 2.75) is 0 Å². The van der Waals surface area contributed by atoms with Crippen molar-refractivity contribution in [2.24, 2.45) is 0 Å². The van der Waals surface area contributed by atoms with E-state index in [1.807, 2.05) is 53.9 Å². The van der Waals surface area contributed by atoms with Crippen LogP contribution in [0.1, 0.15) is 15.2 Å². The molecule has 2 aromatic carbocycles. The van der Waals surface area contributed by atoms with Crippen LogP contribution in [0.15, 0.2) is 83.9 Å². The Morgan fingerprint density at radius 2 is 1.64 bits per heavy atom. The largest absolute Gasteiger partial charge is 0.492 e. The van der Waals surface area contributed by atoms with Gasteiger partial charge in [-0.3, -0.25) is 9.59 Å². The van der Waals surface area contributed by atoms with E-state index in [-0.39, 0.29) is 17.5 Å². The molecule has 0 aliphatic carbocycles. The molecule has 0 spiro atoms. The first-order valence-electron chi connectivity index (χ1n) is 8.80. The molecule has 0 aliphatic rings. The fourth-order valence-electron chi connectivity index (χ4n) is 2.40. The van der Waals surface area contributed by atoms with Gasteiger partial charge in [0.25, 0.3) is 11.8 Å². The van der Waals surface area contributed by atoms with Gasteiger partial charge in [-0.1, -0.05) is 42.5 Å². The van der Waals surface area contributed by atoms with E-state index in [4.69, 9.17) is 4.74 Å². The van der Waals surface area contributed by atoms with Crippen molar-refractivity contribution in [3.63, 3.8) is 0 Å². The summed E-state index contributed by atoms with van der Waals surface area (Å²) >= 11 is 1.48. The maximum absolute atomic E-state index is 12.6. The number of para-hydroxylation sites is 1. The summed E-state index contributed by atoms with van der Waals surface area (Å²) in [6, 6.07) is 21.9. The number of carbonyl (C=O) groups excluding carboxylic acids is 2. The van der Waals surface area contributed by atoms with Crippen molar-refractivity contribution in [2.75, 3.05) is 13.2 Å². The molecule has 28 heavy (non-hydrogen) atoms. The molecule has 0 atom stereocenters. The molecule has 1 aromatic heterocycles. The number of benzene rings is 2. The number of amides is 2. The second kappa shape index (κ2) is 10.1. The van der Waals surface area contributed by atoms with Gasteiger partial charge in [0.1, 0.15) is 18.1 Å². The summed E-state index contributed by atoms with van der Waals surface area (Å²) < 4.78 is 5.57. The molecule has 142 valence electrons. The van der Waals surface area contributed by atoms with Crippen LogP contribution >= 0.6 is 11.3 Å². The Morgan fingerprint density at radius 3 is 2.32 bits per heavy atom. The van der Waals surface area contributed by atoms with Crippen LogP contribution in [0.25, 0.3) is 6.08 Å². The molecule has 3 aromatic rings. The van der Waals surface area contributed by atoms with Crippen LogP contribution in [0.4, 0.5) is 0 Å². The van der Waals surface area contributed by atoms with Gasteiger partial charge < -0.3 is 15.4 Å². The van der Waals surface area contributed by atoms with E-state index < -0.39 is 0 Å². The van der Waals surface area contributed by atoms with Crippen LogP contribution in [0.3, 0.4) is 0 Å². The number of ether oxygens (including phenoxy) is 1. The lowest BCUT2D eigenvalue weighted by molar-refractivity contribution is -0.117. The Kier molecular flexibility index (Phi) is 6.98. The van der Waals surface area contributed by atoms with Gasteiger partial charge in [0.05, 0.1) is 6.54 Å². The maximum Gasteiger partial charge on any atom is 0.267 e. The lowest BCUT2D eigenvalue weighted by Crippen LogP contribution is -2.36. The Labute approximate surface area is 167 Å². The van der Waals surface area contributed by atoms with Crippen molar-refractivity contribution in [1.29, 1.82) is 0 Å². The summed E-state index contributed by atoms with van der Waals surface area (Å²) in [5.41, 5.74) is 0.677. The monoisotopic (exact) mass is 392 g/mol. The SMILES string of the molecule is O=C(NCCOc1ccccc1)/C(=C/c1cccs1)NC(=O)c1ccccc1. The summed E-state index contributed by atoms with van der Waals surface area (Å²) in [4.78, 5) is 25.9. The molecule has 0 saturated carbocycles. The summed E-state index contributed by atoms with van der Waals surface area (Å²) in [6.07, 6.45) is 1.67. The quantitative estimate of drug-likeness (QED) is 0.454. The van der Waals surface area contributed by atoms with E-state index in [1.165, 1.54) is 11.3 Å². The lowest BCUT2D eigenvalue weighted by atomic mass is 10.2. The number of rotatable bonds is 8. The highest BCUT2D eigenvalue weighted by atomic mass is 32.1. The van der Waals surface area contributed by atoms with Gasteiger partial charge in [-0.15, -0.1) is 11.3 Å². The third-order valence-electron chi connectivity index (χ3n) is 3.76. The molecule has 5 nitrogen and oxygen atoms in total. The normalized spacial score (nSPS) is 10.9. The number of hydrogen-bond donors (Lipinski definition) is 2. The Hall–Kier alpha value is -3.38. The smallest absolute Gasteiger partial charge is 0.267 e. The summed E-state index contributed by atoms with van der Waals surface area (Å²) in [5, 5.41) is 7.40. The van der Waals surface area contributed by atoms with Crippen molar-refractivity contribution >= 4 is 29.2 Å². The average molecular weight is 392 g/mol. The molecule has 0 radical (unpaired) electrons. The molecule has 0 saturated heterocycles. The minimum absolute atomic E-state index is 0.191. The predicted molar refractivity (Wildman–Crippen MR) is 111 cm³/mol. The highest BCUT2D eigenvalue weighted by Crippen LogP contribution is 2.13. The first kappa shape index (κ1) is 19.4. The molecular weight excluding hydrogens is 372 g/mol. The maximum atomic E-state index is 12.6. The zero-order valence-corrected chi connectivity index (χ0v) is 15.9. The van der Waals surface area contributed by atoms with Crippen LogP contribution in [0, 0.1) is 0 Å². The highest BCUT2D eigenvalue weighted by Gasteiger charge is 2.14. The second-order valence-corrected chi connectivity index (χ2v) is 6.79. The second-order valence-electron chi connectivity index (χ2n) is 5.81. The summed E-state index contributed by atoms with van der Waals surface area (Å²) in [5.74, 6) is 0.0388. The molecular formula is C22H20N2O3S. The van der Waals surface area contributed by atoms with E-state index >= 15 is 0 Å². The molecule has 2 amide bonds. The first-order chi connectivity index (χ1) is 13.7. The predicted octanol–water partition coefficient (Wildman–Crippen LogP) is 3.71. The number of nitrogens with one attached hydrogen (secondary N) is 2. The third kappa shape index (κ3) is 5.82. The fourth-order valence-corrected chi connectivity index (χ4v) is 3.06. The minimum atomic E-state index is -0.366. The van der Waals surface area contributed by atoms with Gasteiger partial charge in [-0.2, -0.15) is 0 Å². The molecule has 0 bridgehead atoms. The number of thiophene rings is 1. The standard InChI is InChI=1S/C22H20N2O3S/c25-21(17-8-3-1-4-9-17)24-20(16-19-12-7-15-28-19)22(26)23-13-14-27-18-10-5-2-6-11-18/h1-12,15-16H,13-14H2,(H,23,26)(H,24,25)/b20-16-. The van der Waals surface area contributed by atoms with E-state index in [2.05, 4.69) is 10.6 Å². The van der Waals surface area contributed by atoms with Crippen LogP contribution < -0.4 is 15.4 Å². The minimum Gasteiger partial charge on any atom is -0.492 e. The lowest BCUT2D eigenvalue weighted by Gasteiger charge is -2.11. The van der Waals surface area contributed by atoms with Crippen LogP contribution in [0.5, 0.6) is 5.75 Å². The highest BCUT2D eigenvalue weighted by molar-refractivity contribution is 7.10.